The molecular formula is C17H13FN4O3. The van der Waals surface area contributed by atoms with E-state index in [4.69, 9.17) is 5.26 Å². The predicted octanol–water partition coefficient (Wildman–Crippen LogP) is 2.87. The van der Waals surface area contributed by atoms with Crippen molar-refractivity contribution in [1.29, 1.82) is 5.26 Å². The number of non-ortho nitro benzene ring substituents is 1. The van der Waals surface area contributed by atoms with Crippen molar-refractivity contribution >= 4 is 17.3 Å². The van der Waals surface area contributed by atoms with Gasteiger partial charge in [0.15, 0.2) is 0 Å². The number of hydrogen-bond donors (Lipinski definition) is 2. The zero-order chi connectivity index (χ0) is 18.2. The SMILES string of the molecule is N#C/C(=C/NCc1ccccc1F)C(=O)Nc1ccc([N+](=O)[O-])cc1. The lowest BCUT2D eigenvalue weighted by molar-refractivity contribution is -0.384. The molecule has 2 aromatic rings. The third-order valence-corrected chi connectivity index (χ3v) is 3.20. The molecule has 2 rings (SSSR count). The maximum Gasteiger partial charge on any atom is 0.269 e. The molecule has 2 N–H and O–H groups in total. The summed E-state index contributed by atoms with van der Waals surface area (Å²) in [6.45, 7) is 0.114. The van der Waals surface area contributed by atoms with Crippen molar-refractivity contribution in [2.45, 2.75) is 6.54 Å². The highest BCUT2D eigenvalue weighted by Gasteiger charge is 2.11. The maximum absolute atomic E-state index is 13.5. The van der Waals surface area contributed by atoms with Crippen LogP contribution < -0.4 is 10.6 Å². The Morgan fingerprint density at radius 3 is 2.52 bits per heavy atom. The molecule has 0 atom stereocenters. The second-order valence-corrected chi connectivity index (χ2v) is 4.90. The minimum absolute atomic E-state index is 0.111. The number of carbonyl (C=O) groups is 1. The average molecular weight is 340 g/mol. The standard InChI is InChI=1S/C17H13FN4O3/c18-16-4-2-1-3-12(16)10-20-11-13(9-19)17(23)21-14-5-7-15(8-6-14)22(24)25/h1-8,11,20H,10H2,(H,21,23)/b13-11-. The average Bonchev–Trinajstić information content (AvgIpc) is 2.60. The van der Waals surface area contributed by atoms with Crippen LogP contribution in [0.5, 0.6) is 0 Å². The van der Waals surface area contributed by atoms with Crippen molar-refractivity contribution in [1.82, 2.24) is 5.32 Å². The molecule has 0 aliphatic carbocycles. The summed E-state index contributed by atoms with van der Waals surface area (Å²) in [4.78, 5) is 22.0. The van der Waals surface area contributed by atoms with E-state index in [1.54, 1.807) is 24.3 Å². The van der Waals surface area contributed by atoms with E-state index in [2.05, 4.69) is 10.6 Å². The lowest BCUT2D eigenvalue weighted by atomic mass is 10.2. The third kappa shape index (κ3) is 4.87. The number of benzene rings is 2. The molecule has 0 fully saturated rings. The number of rotatable bonds is 6. The molecule has 7 nitrogen and oxygen atoms in total. The van der Waals surface area contributed by atoms with E-state index in [1.807, 2.05) is 0 Å². The monoisotopic (exact) mass is 340 g/mol. The number of carbonyl (C=O) groups excluding carboxylic acids is 1. The Bertz CT molecular complexity index is 857. The number of halogens is 1. The van der Waals surface area contributed by atoms with Gasteiger partial charge in [0.05, 0.1) is 4.92 Å². The van der Waals surface area contributed by atoms with Gasteiger partial charge in [0, 0.05) is 36.1 Å². The van der Waals surface area contributed by atoms with E-state index in [0.29, 0.717) is 11.3 Å². The predicted molar refractivity (Wildman–Crippen MR) is 88.7 cm³/mol. The Balaban J connectivity index is 1.99. The van der Waals surface area contributed by atoms with Crippen LogP contribution in [0.25, 0.3) is 0 Å². The molecule has 126 valence electrons. The number of amides is 1. The number of nitrogens with zero attached hydrogens (tertiary/aromatic N) is 2. The molecule has 1 amide bonds. The fourth-order valence-electron chi connectivity index (χ4n) is 1.92. The van der Waals surface area contributed by atoms with Crippen molar-refractivity contribution in [3.63, 3.8) is 0 Å². The smallest absolute Gasteiger partial charge is 0.269 e. The van der Waals surface area contributed by atoms with Crippen LogP contribution in [-0.4, -0.2) is 10.8 Å². The molecular weight excluding hydrogens is 327 g/mol. The van der Waals surface area contributed by atoms with Gasteiger partial charge in [-0.3, -0.25) is 14.9 Å². The number of nitro groups is 1. The van der Waals surface area contributed by atoms with Crippen molar-refractivity contribution in [3.8, 4) is 6.07 Å². The van der Waals surface area contributed by atoms with Gasteiger partial charge in [-0.05, 0) is 18.2 Å². The van der Waals surface area contributed by atoms with Gasteiger partial charge < -0.3 is 10.6 Å². The number of hydrogen-bond acceptors (Lipinski definition) is 5. The summed E-state index contributed by atoms with van der Waals surface area (Å²) in [7, 11) is 0. The van der Waals surface area contributed by atoms with Crippen LogP contribution in [0, 0.1) is 27.3 Å². The Morgan fingerprint density at radius 2 is 1.92 bits per heavy atom. The summed E-state index contributed by atoms with van der Waals surface area (Å²) < 4.78 is 13.5. The normalized spacial score (nSPS) is 10.6. The van der Waals surface area contributed by atoms with Crippen LogP contribution in [0.15, 0.2) is 60.3 Å². The fraction of sp³-hybridized carbons (Fsp3) is 0.0588. The van der Waals surface area contributed by atoms with Gasteiger partial charge >= 0.3 is 0 Å². The van der Waals surface area contributed by atoms with Crippen LogP contribution in [0.3, 0.4) is 0 Å². The molecule has 0 saturated carbocycles. The molecule has 0 aliphatic rings. The van der Waals surface area contributed by atoms with Crippen molar-refractivity contribution < 1.29 is 14.1 Å². The minimum Gasteiger partial charge on any atom is -0.385 e. The third-order valence-electron chi connectivity index (χ3n) is 3.20. The highest BCUT2D eigenvalue weighted by molar-refractivity contribution is 6.06. The van der Waals surface area contributed by atoms with Gasteiger partial charge in [0.2, 0.25) is 0 Å². The highest BCUT2D eigenvalue weighted by atomic mass is 19.1. The van der Waals surface area contributed by atoms with Crippen molar-refractivity contribution in [2.75, 3.05) is 5.32 Å². The lowest BCUT2D eigenvalue weighted by Gasteiger charge is -2.06. The molecule has 0 aliphatic heterocycles. The van der Waals surface area contributed by atoms with Gasteiger partial charge in [-0.1, -0.05) is 18.2 Å². The van der Waals surface area contributed by atoms with E-state index in [1.165, 1.54) is 36.5 Å². The fourth-order valence-corrected chi connectivity index (χ4v) is 1.92. The molecule has 0 bridgehead atoms. The van der Waals surface area contributed by atoms with Gasteiger partial charge in [-0.2, -0.15) is 5.26 Å². The van der Waals surface area contributed by atoms with Crippen molar-refractivity contribution in [2.24, 2.45) is 0 Å². The molecule has 2 aromatic carbocycles. The van der Waals surface area contributed by atoms with E-state index in [-0.39, 0.29) is 17.8 Å². The van der Waals surface area contributed by atoms with Gasteiger partial charge in [0.1, 0.15) is 17.5 Å². The summed E-state index contributed by atoms with van der Waals surface area (Å²) >= 11 is 0. The van der Waals surface area contributed by atoms with Gasteiger partial charge in [-0.25, -0.2) is 4.39 Å². The first kappa shape index (κ1) is 17.6. The van der Waals surface area contributed by atoms with E-state index in [9.17, 15) is 19.3 Å². The highest BCUT2D eigenvalue weighted by Crippen LogP contribution is 2.16. The quantitative estimate of drug-likeness (QED) is 0.364. The lowest BCUT2D eigenvalue weighted by Crippen LogP contribution is -2.16. The number of nitro benzene ring substituents is 1. The summed E-state index contributed by atoms with van der Waals surface area (Å²) in [5, 5.41) is 24.8. The number of nitrogens with one attached hydrogen (secondary N) is 2. The molecule has 0 spiro atoms. The summed E-state index contributed by atoms with van der Waals surface area (Å²) in [5.74, 6) is -1.07. The van der Waals surface area contributed by atoms with Crippen LogP contribution in [0.2, 0.25) is 0 Å². The first-order chi connectivity index (χ1) is 12.0. The summed E-state index contributed by atoms with van der Waals surface area (Å²) in [6, 6.07) is 13.1. The first-order valence-corrected chi connectivity index (χ1v) is 7.14. The molecule has 0 aromatic heterocycles. The maximum atomic E-state index is 13.5. The second kappa shape index (κ2) is 8.21. The zero-order valence-corrected chi connectivity index (χ0v) is 12.9. The van der Waals surface area contributed by atoms with Crippen LogP contribution in [-0.2, 0) is 11.3 Å². The van der Waals surface area contributed by atoms with Crippen molar-refractivity contribution in [3.05, 3.63) is 81.8 Å². The van der Waals surface area contributed by atoms with Gasteiger partial charge in [-0.15, -0.1) is 0 Å². The first-order valence-electron chi connectivity index (χ1n) is 7.14. The van der Waals surface area contributed by atoms with Crippen LogP contribution in [0.1, 0.15) is 5.56 Å². The second-order valence-electron chi connectivity index (χ2n) is 4.90. The molecule has 0 radical (unpaired) electrons. The molecule has 25 heavy (non-hydrogen) atoms. The molecule has 0 unspecified atom stereocenters. The zero-order valence-electron chi connectivity index (χ0n) is 12.9. The van der Waals surface area contributed by atoms with Crippen LogP contribution >= 0.6 is 0 Å². The van der Waals surface area contributed by atoms with E-state index >= 15 is 0 Å². The number of anilines is 1. The van der Waals surface area contributed by atoms with E-state index < -0.39 is 16.6 Å². The Morgan fingerprint density at radius 1 is 1.24 bits per heavy atom. The number of nitriles is 1. The molecule has 0 heterocycles. The largest absolute Gasteiger partial charge is 0.385 e. The minimum atomic E-state index is -0.683. The van der Waals surface area contributed by atoms with E-state index in [0.717, 1.165) is 0 Å². The Kier molecular flexibility index (Phi) is 5.79. The summed E-state index contributed by atoms with van der Waals surface area (Å²) in [6.07, 6.45) is 1.19. The molecule has 8 heteroatoms. The van der Waals surface area contributed by atoms with Crippen LogP contribution in [0.4, 0.5) is 15.8 Å². The Labute approximate surface area is 142 Å². The van der Waals surface area contributed by atoms with Gasteiger partial charge in [0.25, 0.3) is 11.6 Å². The summed E-state index contributed by atoms with van der Waals surface area (Å²) in [5.41, 5.74) is 0.382. The topological polar surface area (TPSA) is 108 Å². The Hall–Kier alpha value is -3.73. The molecule has 0 saturated heterocycles.